The van der Waals surface area contributed by atoms with Gasteiger partial charge in [-0.05, 0) is 53.6 Å². The molecule has 6 heteroatoms. The summed E-state index contributed by atoms with van der Waals surface area (Å²) in [5.74, 6) is 1.92. The second kappa shape index (κ2) is 6.43. The van der Waals surface area contributed by atoms with Crippen LogP contribution in [0.15, 0.2) is 6.07 Å². The predicted molar refractivity (Wildman–Crippen MR) is 88.7 cm³/mol. The molecule has 2 saturated heterocycles. The first-order valence-electron chi connectivity index (χ1n) is 8.51. The highest BCUT2D eigenvalue weighted by atomic mass is 16.6. The van der Waals surface area contributed by atoms with Gasteiger partial charge in [0.05, 0.1) is 6.04 Å². The van der Waals surface area contributed by atoms with E-state index in [0.717, 1.165) is 37.4 Å². The molecular formula is C17H26N4O2. The number of carbonyl (C=O) groups excluding carboxylic acids is 1. The van der Waals surface area contributed by atoms with Gasteiger partial charge in [0, 0.05) is 23.7 Å². The summed E-state index contributed by atoms with van der Waals surface area (Å²) in [4.78, 5) is 25.4. The van der Waals surface area contributed by atoms with Crippen LogP contribution in [0.5, 0.6) is 0 Å². The Morgan fingerprint density at radius 1 is 1.26 bits per heavy atom. The normalized spacial score (nSPS) is 23.6. The molecule has 3 heterocycles. The van der Waals surface area contributed by atoms with Crippen molar-refractivity contribution in [3.05, 3.63) is 17.6 Å². The summed E-state index contributed by atoms with van der Waals surface area (Å²) in [6.45, 7) is 11.0. The monoisotopic (exact) mass is 318 g/mol. The largest absolute Gasteiger partial charge is 0.447 e. The maximum absolute atomic E-state index is 11.9. The van der Waals surface area contributed by atoms with Crippen LogP contribution < -0.4 is 4.90 Å². The molecule has 2 aliphatic rings. The van der Waals surface area contributed by atoms with Gasteiger partial charge in [-0.25, -0.2) is 14.8 Å². The molecule has 1 amide bonds. The number of hydrogen-bond donors (Lipinski definition) is 0. The van der Waals surface area contributed by atoms with Crippen molar-refractivity contribution in [2.24, 2.45) is 0 Å². The Hall–Kier alpha value is -1.69. The fourth-order valence-electron chi connectivity index (χ4n) is 3.39. The summed E-state index contributed by atoms with van der Waals surface area (Å²) in [5, 5.41) is 0. The minimum atomic E-state index is -0.309. The van der Waals surface area contributed by atoms with E-state index >= 15 is 0 Å². The zero-order valence-corrected chi connectivity index (χ0v) is 14.5. The molecule has 2 aliphatic heterocycles. The smallest absolute Gasteiger partial charge is 0.415 e. The Bertz CT molecular complexity index is 582. The average molecular weight is 318 g/mol. The molecule has 1 aromatic heterocycles. The van der Waals surface area contributed by atoms with Gasteiger partial charge in [-0.15, -0.1) is 0 Å². The zero-order chi connectivity index (χ0) is 16.6. The number of hydrogen-bond acceptors (Lipinski definition) is 5. The second-order valence-corrected chi connectivity index (χ2v) is 6.93. The summed E-state index contributed by atoms with van der Waals surface area (Å²) >= 11 is 0. The molecule has 6 nitrogen and oxygen atoms in total. The molecule has 1 aromatic rings. The van der Waals surface area contributed by atoms with Crippen LogP contribution in [0.3, 0.4) is 0 Å². The third kappa shape index (κ3) is 3.32. The van der Waals surface area contributed by atoms with E-state index in [0.29, 0.717) is 24.4 Å². The van der Waals surface area contributed by atoms with E-state index in [1.54, 1.807) is 4.90 Å². The number of piperidine rings is 1. The molecule has 23 heavy (non-hydrogen) atoms. The number of carbonyl (C=O) groups is 1. The first-order valence-corrected chi connectivity index (χ1v) is 8.51. The van der Waals surface area contributed by atoms with Crippen molar-refractivity contribution in [2.45, 2.75) is 58.5 Å². The standard InChI is InChI=1S/C17H26N4O2/c1-11(2)20-7-5-14(6-8-20)16-18-12(3)9-15(19-16)21-13(4)10-23-17(21)22/h9,11,13-14H,5-8,10H2,1-4H3/t13-/m1/s1. The number of nitrogens with zero attached hydrogens (tertiary/aromatic N) is 4. The molecule has 0 saturated carbocycles. The number of ether oxygens (including phenoxy) is 1. The lowest BCUT2D eigenvalue weighted by atomic mass is 9.95. The first kappa shape index (κ1) is 16.2. The number of anilines is 1. The van der Waals surface area contributed by atoms with Gasteiger partial charge in [-0.2, -0.15) is 0 Å². The quantitative estimate of drug-likeness (QED) is 0.857. The van der Waals surface area contributed by atoms with Crippen LogP contribution in [0.25, 0.3) is 0 Å². The summed E-state index contributed by atoms with van der Waals surface area (Å²) < 4.78 is 5.12. The van der Waals surface area contributed by atoms with Crippen molar-refractivity contribution < 1.29 is 9.53 Å². The lowest BCUT2D eigenvalue weighted by Crippen LogP contribution is -2.38. The van der Waals surface area contributed by atoms with Gasteiger partial charge in [0.2, 0.25) is 0 Å². The van der Waals surface area contributed by atoms with E-state index in [-0.39, 0.29) is 12.1 Å². The minimum absolute atomic E-state index is 0.0208. The molecule has 0 unspecified atom stereocenters. The Morgan fingerprint density at radius 2 is 1.96 bits per heavy atom. The van der Waals surface area contributed by atoms with E-state index in [1.807, 2.05) is 19.9 Å². The van der Waals surface area contributed by atoms with Gasteiger partial charge >= 0.3 is 6.09 Å². The summed E-state index contributed by atoms with van der Waals surface area (Å²) in [6, 6.07) is 2.48. The van der Waals surface area contributed by atoms with Crippen molar-refractivity contribution in [1.82, 2.24) is 14.9 Å². The van der Waals surface area contributed by atoms with Gasteiger partial charge in [0.1, 0.15) is 18.2 Å². The Kier molecular flexibility index (Phi) is 4.53. The molecule has 0 bridgehead atoms. The Morgan fingerprint density at radius 3 is 2.52 bits per heavy atom. The maximum Gasteiger partial charge on any atom is 0.415 e. The number of aryl methyl sites for hydroxylation is 1. The van der Waals surface area contributed by atoms with Gasteiger partial charge in [0.25, 0.3) is 0 Å². The fraction of sp³-hybridized carbons (Fsp3) is 0.706. The molecule has 126 valence electrons. The Balaban J connectivity index is 1.80. The van der Waals surface area contributed by atoms with Crippen molar-refractivity contribution in [3.63, 3.8) is 0 Å². The molecule has 0 aliphatic carbocycles. The predicted octanol–water partition coefficient (Wildman–Crippen LogP) is 2.72. The van der Waals surface area contributed by atoms with Gasteiger partial charge in [-0.1, -0.05) is 0 Å². The lowest BCUT2D eigenvalue weighted by Gasteiger charge is -2.34. The molecule has 0 spiro atoms. The van der Waals surface area contributed by atoms with Crippen LogP contribution in [-0.4, -0.2) is 52.7 Å². The Labute approximate surface area is 137 Å². The van der Waals surface area contributed by atoms with Crippen LogP contribution in [0.1, 0.15) is 51.0 Å². The number of cyclic esters (lactones) is 1. The highest BCUT2D eigenvalue weighted by Crippen LogP contribution is 2.29. The van der Waals surface area contributed by atoms with E-state index in [4.69, 9.17) is 9.72 Å². The topological polar surface area (TPSA) is 58.6 Å². The number of amides is 1. The van der Waals surface area contributed by atoms with Crippen LogP contribution in [-0.2, 0) is 4.74 Å². The molecule has 2 fully saturated rings. The number of aromatic nitrogens is 2. The first-order chi connectivity index (χ1) is 11.0. The highest BCUT2D eigenvalue weighted by Gasteiger charge is 2.33. The lowest BCUT2D eigenvalue weighted by molar-refractivity contribution is 0.169. The fourth-order valence-corrected chi connectivity index (χ4v) is 3.39. The van der Waals surface area contributed by atoms with E-state index in [1.165, 1.54) is 0 Å². The zero-order valence-electron chi connectivity index (χ0n) is 14.5. The summed E-state index contributed by atoms with van der Waals surface area (Å²) in [5.41, 5.74) is 0.906. The van der Waals surface area contributed by atoms with Crippen LogP contribution in [0.4, 0.5) is 10.6 Å². The maximum atomic E-state index is 11.9. The van der Waals surface area contributed by atoms with E-state index < -0.39 is 0 Å². The van der Waals surface area contributed by atoms with E-state index in [2.05, 4.69) is 23.7 Å². The van der Waals surface area contributed by atoms with Gasteiger partial charge < -0.3 is 9.64 Å². The van der Waals surface area contributed by atoms with Crippen molar-refractivity contribution in [1.29, 1.82) is 0 Å². The van der Waals surface area contributed by atoms with Crippen molar-refractivity contribution >= 4 is 11.9 Å². The third-order valence-electron chi connectivity index (χ3n) is 4.82. The van der Waals surface area contributed by atoms with Crippen LogP contribution >= 0.6 is 0 Å². The molecule has 0 radical (unpaired) electrons. The SMILES string of the molecule is Cc1cc(N2C(=O)OC[C@H]2C)nc(C2CCN(C(C)C)CC2)n1. The van der Waals surface area contributed by atoms with Gasteiger partial charge in [0.15, 0.2) is 0 Å². The van der Waals surface area contributed by atoms with Crippen LogP contribution in [0, 0.1) is 6.92 Å². The van der Waals surface area contributed by atoms with Crippen molar-refractivity contribution in [3.8, 4) is 0 Å². The molecule has 1 atom stereocenters. The van der Waals surface area contributed by atoms with Gasteiger partial charge in [-0.3, -0.25) is 4.90 Å². The second-order valence-electron chi connectivity index (χ2n) is 6.93. The van der Waals surface area contributed by atoms with E-state index in [9.17, 15) is 4.79 Å². The molecule has 3 rings (SSSR count). The third-order valence-corrected chi connectivity index (χ3v) is 4.82. The summed E-state index contributed by atoms with van der Waals surface area (Å²) in [7, 11) is 0. The van der Waals surface area contributed by atoms with Crippen molar-refractivity contribution in [2.75, 3.05) is 24.6 Å². The number of rotatable bonds is 3. The summed E-state index contributed by atoms with van der Waals surface area (Å²) in [6.07, 6.45) is 1.83. The molecule has 0 aromatic carbocycles. The minimum Gasteiger partial charge on any atom is -0.447 e. The highest BCUT2D eigenvalue weighted by molar-refractivity contribution is 5.89. The molecular weight excluding hydrogens is 292 g/mol. The number of likely N-dealkylation sites (tertiary alicyclic amines) is 1. The van der Waals surface area contributed by atoms with Crippen LogP contribution in [0.2, 0.25) is 0 Å². The molecule has 0 N–H and O–H groups in total. The average Bonchev–Trinajstić information content (AvgIpc) is 2.85.